The van der Waals surface area contributed by atoms with E-state index in [9.17, 15) is 9.59 Å². The summed E-state index contributed by atoms with van der Waals surface area (Å²) >= 11 is 0. The maximum absolute atomic E-state index is 11.5. The number of carbonyl (C=O) groups is 2. The standard InChI is InChI=1S/C12H13N3O3/c1-12(11(14)17)5-7(9(13)16)4-8(6-12)10-15-2-3-18-10/h2-4,6H,5H2,1H3,(H2,13,16)(H2,14,17). The van der Waals surface area contributed by atoms with Crippen molar-refractivity contribution in [2.45, 2.75) is 13.3 Å². The van der Waals surface area contributed by atoms with E-state index < -0.39 is 17.2 Å². The van der Waals surface area contributed by atoms with Crippen LogP contribution in [0.2, 0.25) is 0 Å². The highest BCUT2D eigenvalue weighted by molar-refractivity contribution is 5.99. The summed E-state index contributed by atoms with van der Waals surface area (Å²) in [5.41, 5.74) is 10.5. The van der Waals surface area contributed by atoms with E-state index in [1.54, 1.807) is 19.1 Å². The SMILES string of the molecule is CC1(C(N)=O)C=C(c2ncco2)C=C(C(N)=O)C1. The molecule has 94 valence electrons. The van der Waals surface area contributed by atoms with Crippen molar-refractivity contribution in [2.24, 2.45) is 16.9 Å². The molecule has 1 aromatic heterocycles. The monoisotopic (exact) mass is 247 g/mol. The lowest BCUT2D eigenvalue weighted by Gasteiger charge is -2.26. The van der Waals surface area contributed by atoms with Gasteiger partial charge in [-0.15, -0.1) is 0 Å². The molecule has 1 atom stereocenters. The molecule has 2 amide bonds. The molecule has 1 aromatic rings. The number of carbonyl (C=O) groups excluding carboxylic acids is 2. The number of allylic oxidation sites excluding steroid dienone is 2. The van der Waals surface area contributed by atoms with Gasteiger partial charge < -0.3 is 15.9 Å². The lowest BCUT2D eigenvalue weighted by molar-refractivity contribution is -0.124. The molecular formula is C12H13N3O3. The van der Waals surface area contributed by atoms with Crippen LogP contribution in [0.3, 0.4) is 0 Å². The summed E-state index contributed by atoms with van der Waals surface area (Å²) in [5.74, 6) is -0.793. The maximum atomic E-state index is 11.5. The van der Waals surface area contributed by atoms with Gasteiger partial charge in [-0.1, -0.05) is 6.08 Å². The van der Waals surface area contributed by atoms with Crippen molar-refractivity contribution in [3.05, 3.63) is 36.1 Å². The summed E-state index contributed by atoms with van der Waals surface area (Å²) in [5, 5.41) is 0. The topological polar surface area (TPSA) is 112 Å². The fourth-order valence-electron chi connectivity index (χ4n) is 1.88. The molecule has 6 heteroatoms. The van der Waals surface area contributed by atoms with Crippen LogP contribution in [0.1, 0.15) is 19.2 Å². The summed E-state index contributed by atoms with van der Waals surface area (Å²) in [6.07, 6.45) is 6.28. The van der Waals surface area contributed by atoms with E-state index in [0.717, 1.165) is 0 Å². The molecule has 6 nitrogen and oxygen atoms in total. The Bertz CT molecular complexity index is 557. The van der Waals surface area contributed by atoms with Crippen LogP contribution in [0.15, 0.2) is 34.6 Å². The molecule has 0 radical (unpaired) electrons. The Balaban J connectivity index is 2.51. The third kappa shape index (κ3) is 2.04. The zero-order valence-electron chi connectivity index (χ0n) is 9.84. The maximum Gasteiger partial charge on any atom is 0.244 e. The predicted molar refractivity (Wildman–Crippen MR) is 63.7 cm³/mol. The van der Waals surface area contributed by atoms with Gasteiger partial charge in [0, 0.05) is 11.1 Å². The van der Waals surface area contributed by atoms with Crippen LogP contribution >= 0.6 is 0 Å². The Labute approximate surface area is 103 Å². The first kappa shape index (κ1) is 12.1. The summed E-state index contributed by atoms with van der Waals surface area (Å²) in [6.45, 7) is 1.65. The second-order valence-corrected chi connectivity index (χ2v) is 4.43. The van der Waals surface area contributed by atoms with Gasteiger partial charge in [0.2, 0.25) is 17.7 Å². The Morgan fingerprint density at radius 1 is 1.44 bits per heavy atom. The summed E-state index contributed by atoms with van der Waals surface area (Å²) in [6, 6.07) is 0. The number of amides is 2. The highest BCUT2D eigenvalue weighted by Crippen LogP contribution is 2.36. The number of aromatic nitrogens is 1. The van der Waals surface area contributed by atoms with Gasteiger partial charge in [0.25, 0.3) is 0 Å². The molecule has 0 bridgehead atoms. The average molecular weight is 247 g/mol. The average Bonchev–Trinajstić information content (AvgIpc) is 2.81. The van der Waals surface area contributed by atoms with Crippen molar-refractivity contribution in [1.82, 2.24) is 4.98 Å². The predicted octanol–water partition coefficient (Wildman–Crippen LogP) is 0.365. The second kappa shape index (κ2) is 4.14. The van der Waals surface area contributed by atoms with Gasteiger partial charge in [0.15, 0.2) is 0 Å². The van der Waals surface area contributed by atoms with Crippen molar-refractivity contribution < 1.29 is 14.0 Å². The van der Waals surface area contributed by atoms with E-state index in [4.69, 9.17) is 15.9 Å². The van der Waals surface area contributed by atoms with Crippen molar-refractivity contribution in [3.8, 4) is 0 Å². The number of hydrogen-bond acceptors (Lipinski definition) is 4. The summed E-state index contributed by atoms with van der Waals surface area (Å²) in [7, 11) is 0. The largest absolute Gasteiger partial charge is 0.445 e. The number of oxazole rings is 1. The molecular weight excluding hydrogens is 234 g/mol. The molecule has 1 unspecified atom stereocenters. The number of hydrogen-bond donors (Lipinski definition) is 2. The van der Waals surface area contributed by atoms with E-state index >= 15 is 0 Å². The highest BCUT2D eigenvalue weighted by Gasteiger charge is 2.35. The molecule has 1 heterocycles. The van der Waals surface area contributed by atoms with Crippen LogP contribution in [0.5, 0.6) is 0 Å². The first-order valence-corrected chi connectivity index (χ1v) is 5.35. The fraction of sp³-hybridized carbons (Fsp3) is 0.250. The van der Waals surface area contributed by atoms with Gasteiger partial charge in [-0.2, -0.15) is 0 Å². The third-order valence-corrected chi connectivity index (χ3v) is 2.92. The molecule has 18 heavy (non-hydrogen) atoms. The van der Waals surface area contributed by atoms with Gasteiger partial charge >= 0.3 is 0 Å². The van der Waals surface area contributed by atoms with E-state index in [1.807, 2.05) is 0 Å². The van der Waals surface area contributed by atoms with Crippen LogP contribution < -0.4 is 11.5 Å². The van der Waals surface area contributed by atoms with Gasteiger partial charge in [0.1, 0.15) is 6.26 Å². The van der Waals surface area contributed by atoms with E-state index in [1.165, 1.54) is 12.5 Å². The zero-order chi connectivity index (χ0) is 13.3. The minimum Gasteiger partial charge on any atom is -0.445 e. The molecule has 2 rings (SSSR count). The van der Waals surface area contributed by atoms with Gasteiger partial charge in [-0.3, -0.25) is 9.59 Å². The second-order valence-electron chi connectivity index (χ2n) is 4.43. The van der Waals surface area contributed by atoms with Crippen molar-refractivity contribution >= 4 is 17.4 Å². The molecule has 0 aliphatic heterocycles. The number of rotatable bonds is 3. The van der Waals surface area contributed by atoms with E-state index in [0.29, 0.717) is 17.0 Å². The highest BCUT2D eigenvalue weighted by atomic mass is 16.3. The van der Waals surface area contributed by atoms with Crippen molar-refractivity contribution in [3.63, 3.8) is 0 Å². The molecule has 0 aromatic carbocycles. The van der Waals surface area contributed by atoms with Gasteiger partial charge in [0.05, 0.1) is 11.6 Å². The quantitative estimate of drug-likeness (QED) is 0.803. The summed E-state index contributed by atoms with van der Waals surface area (Å²) < 4.78 is 5.15. The van der Waals surface area contributed by atoms with Gasteiger partial charge in [-0.05, 0) is 19.4 Å². The van der Waals surface area contributed by atoms with Crippen molar-refractivity contribution in [2.75, 3.05) is 0 Å². The Morgan fingerprint density at radius 3 is 2.67 bits per heavy atom. The number of nitrogens with two attached hydrogens (primary N) is 2. The van der Waals surface area contributed by atoms with E-state index in [-0.39, 0.29) is 6.42 Å². The summed E-state index contributed by atoms with van der Waals surface area (Å²) in [4.78, 5) is 26.8. The molecule has 0 saturated carbocycles. The molecule has 0 saturated heterocycles. The van der Waals surface area contributed by atoms with Crippen molar-refractivity contribution in [1.29, 1.82) is 0 Å². The normalized spacial score (nSPS) is 23.2. The van der Waals surface area contributed by atoms with Crippen LogP contribution in [0.25, 0.3) is 5.57 Å². The lowest BCUT2D eigenvalue weighted by atomic mass is 9.77. The zero-order valence-corrected chi connectivity index (χ0v) is 9.84. The first-order chi connectivity index (χ1) is 8.42. The lowest BCUT2D eigenvalue weighted by Crippen LogP contribution is -2.36. The first-order valence-electron chi connectivity index (χ1n) is 5.35. The van der Waals surface area contributed by atoms with Crippen LogP contribution in [0.4, 0.5) is 0 Å². The third-order valence-electron chi connectivity index (χ3n) is 2.92. The Morgan fingerprint density at radius 2 is 2.17 bits per heavy atom. The molecule has 1 aliphatic rings. The van der Waals surface area contributed by atoms with Gasteiger partial charge in [-0.25, -0.2) is 4.98 Å². The molecule has 0 spiro atoms. The Kier molecular flexibility index (Phi) is 2.78. The number of nitrogens with zero attached hydrogens (tertiary/aromatic N) is 1. The molecule has 4 N–H and O–H groups in total. The Hall–Kier alpha value is -2.37. The minimum atomic E-state index is -0.969. The van der Waals surface area contributed by atoms with Crippen LogP contribution in [-0.2, 0) is 9.59 Å². The minimum absolute atomic E-state index is 0.182. The van der Waals surface area contributed by atoms with Crippen LogP contribution in [0, 0.1) is 5.41 Å². The molecule has 1 aliphatic carbocycles. The van der Waals surface area contributed by atoms with E-state index in [2.05, 4.69) is 4.98 Å². The fourth-order valence-corrected chi connectivity index (χ4v) is 1.88. The van der Waals surface area contributed by atoms with Crippen LogP contribution in [-0.4, -0.2) is 16.8 Å². The molecule has 0 fully saturated rings. The smallest absolute Gasteiger partial charge is 0.244 e. The number of primary amides is 2.